The minimum Gasteiger partial charge on any atom is -0.381 e. The van der Waals surface area contributed by atoms with E-state index in [2.05, 4.69) is 24.2 Å². The molecule has 4 heteroatoms. The predicted molar refractivity (Wildman–Crippen MR) is 62.9 cm³/mol. The zero-order chi connectivity index (χ0) is 11.1. The van der Waals surface area contributed by atoms with Gasteiger partial charge in [-0.1, -0.05) is 13.8 Å². The zero-order valence-corrected chi connectivity index (χ0v) is 9.83. The fourth-order valence-corrected chi connectivity index (χ4v) is 1.55. The van der Waals surface area contributed by atoms with E-state index in [-0.39, 0.29) is 0 Å². The Morgan fingerprint density at radius 2 is 2.40 bits per heavy atom. The molecule has 3 N–H and O–H groups in total. The normalized spacial score (nSPS) is 22.3. The molecule has 0 spiro atoms. The summed E-state index contributed by atoms with van der Waals surface area (Å²) in [5.74, 6) is 1.84. The van der Waals surface area contributed by atoms with Crippen molar-refractivity contribution in [1.82, 2.24) is 5.32 Å². The second-order valence-electron chi connectivity index (χ2n) is 4.56. The van der Waals surface area contributed by atoms with Crippen LogP contribution in [0.1, 0.15) is 26.7 Å². The highest BCUT2D eigenvalue weighted by atomic mass is 16.5. The summed E-state index contributed by atoms with van der Waals surface area (Å²) in [5.41, 5.74) is 5.71. The van der Waals surface area contributed by atoms with Gasteiger partial charge in [-0.15, -0.1) is 0 Å². The molecule has 1 unspecified atom stereocenters. The molecule has 0 amide bonds. The fraction of sp³-hybridized carbons (Fsp3) is 0.909. The van der Waals surface area contributed by atoms with Gasteiger partial charge in [-0.05, 0) is 24.7 Å². The minimum atomic E-state index is 0.564. The third-order valence-corrected chi connectivity index (χ3v) is 2.51. The molecular weight excluding hydrogens is 190 g/mol. The number of nitrogens with one attached hydrogen (secondary N) is 1. The monoisotopic (exact) mass is 213 g/mol. The first kappa shape index (κ1) is 12.3. The molecule has 0 radical (unpaired) electrons. The molecule has 1 fully saturated rings. The van der Waals surface area contributed by atoms with Crippen LogP contribution in [0.25, 0.3) is 0 Å². The van der Waals surface area contributed by atoms with Crippen LogP contribution in [0.3, 0.4) is 0 Å². The second-order valence-corrected chi connectivity index (χ2v) is 4.56. The third-order valence-electron chi connectivity index (χ3n) is 2.51. The third kappa shape index (κ3) is 5.62. The van der Waals surface area contributed by atoms with E-state index in [0.717, 1.165) is 32.7 Å². The number of rotatable bonds is 5. The molecule has 4 nitrogen and oxygen atoms in total. The number of nitrogens with zero attached hydrogens (tertiary/aromatic N) is 1. The number of ether oxygens (including phenoxy) is 1. The van der Waals surface area contributed by atoms with Gasteiger partial charge in [0, 0.05) is 26.3 Å². The van der Waals surface area contributed by atoms with Crippen LogP contribution in [-0.2, 0) is 4.74 Å². The van der Waals surface area contributed by atoms with Crippen molar-refractivity contribution in [3.05, 3.63) is 0 Å². The predicted octanol–water partition coefficient (Wildman–Crippen LogP) is 0.973. The van der Waals surface area contributed by atoms with Crippen molar-refractivity contribution >= 4 is 5.96 Å². The smallest absolute Gasteiger partial charge is 0.188 e. The Labute approximate surface area is 92.3 Å². The summed E-state index contributed by atoms with van der Waals surface area (Å²) in [7, 11) is 0. The maximum absolute atomic E-state index is 5.71. The van der Waals surface area contributed by atoms with Crippen LogP contribution in [0, 0.1) is 11.8 Å². The number of nitrogens with two attached hydrogens (primary N) is 1. The van der Waals surface area contributed by atoms with Crippen molar-refractivity contribution in [3.8, 4) is 0 Å². The number of aliphatic imine (C=N–C) groups is 1. The van der Waals surface area contributed by atoms with E-state index in [9.17, 15) is 0 Å². The van der Waals surface area contributed by atoms with E-state index in [4.69, 9.17) is 10.5 Å². The molecule has 1 aliphatic rings. The second kappa shape index (κ2) is 6.67. The van der Waals surface area contributed by atoms with Crippen LogP contribution in [0.4, 0.5) is 0 Å². The Morgan fingerprint density at radius 3 is 3.00 bits per heavy atom. The largest absolute Gasteiger partial charge is 0.381 e. The van der Waals surface area contributed by atoms with Gasteiger partial charge in [0.1, 0.15) is 0 Å². The number of hydrogen-bond donors (Lipinski definition) is 2. The highest BCUT2D eigenvalue weighted by Gasteiger charge is 2.14. The first-order chi connectivity index (χ1) is 7.18. The molecule has 1 heterocycles. The summed E-state index contributed by atoms with van der Waals surface area (Å²) in [6, 6.07) is 0. The quantitative estimate of drug-likeness (QED) is 0.528. The average molecular weight is 213 g/mol. The summed E-state index contributed by atoms with van der Waals surface area (Å²) >= 11 is 0. The van der Waals surface area contributed by atoms with Crippen LogP contribution in [0.2, 0.25) is 0 Å². The molecule has 0 saturated carbocycles. The lowest BCUT2D eigenvalue weighted by molar-refractivity contribution is 0.184. The van der Waals surface area contributed by atoms with Gasteiger partial charge < -0.3 is 15.8 Å². The molecule has 1 rings (SSSR count). The molecule has 1 saturated heterocycles. The molecule has 1 atom stereocenters. The van der Waals surface area contributed by atoms with Gasteiger partial charge in [-0.25, -0.2) is 0 Å². The molecular formula is C11H23N3O. The number of hydrogen-bond acceptors (Lipinski definition) is 2. The van der Waals surface area contributed by atoms with Crippen LogP contribution >= 0.6 is 0 Å². The summed E-state index contributed by atoms with van der Waals surface area (Å²) in [6.07, 6.45) is 2.31. The van der Waals surface area contributed by atoms with Gasteiger partial charge in [-0.3, -0.25) is 4.99 Å². The molecule has 88 valence electrons. The van der Waals surface area contributed by atoms with E-state index >= 15 is 0 Å². The van der Waals surface area contributed by atoms with Gasteiger partial charge in [0.15, 0.2) is 5.96 Å². The van der Waals surface area contributed by atoms with Crippen LogP contribution in [0.15, 0.2) is 4.99 Å². The van der Waals surface area contributed by atoms with E-state index in [1.165, 1.54) is 6.42 Å². The lowest BCUT2D eigenvalue weighted by atomic mass is 10.1. The highest BCUT2D eigenvalue weighted by Crippen LogP contribution is 2.14. The maximum atomic E-state index is 5.71. The van der Waals surface area contributed by atoms with Crippen molar-refractivity contribution in [3.63, 3.8) is 0 Å². The summed E-state index contributed by atoms with van der Waals surface area (Å²) in [6.45, 7) is 7.79. The van der Waals surface area contributed by atoms with Gasteiger partial charge in [0.05, 0.1) is 0 Å². The Bertz CT molecular complexity index is 198. The lowest BCUT2D eigenvalue weighted by Gasteiger charge is -2.09. The van der Waals surface area contributed by atoms with Crippen LogP contribution < -0.4 is 11.1 Å². The standard InChI is InChI=1S/C11H23N3O/c1-9(2)7-14-11(12)13-5-3-10-4-6-15-8-10/h9-10H,3-8H2,1-2H3,(H3,12,13,14). The van der Waals surface area contributed by atoms with Crippen LogP contribution in [0.5, 0.6) is 0 Å². The van der Waals surface area contributed by atoms with Gasteiger partial charge in [-0.2, -0.15) is 0 Å². The van der Waals surface area contributed by atoms with Crippen molar-refractivity contribution in [2.45, 2.75) is 26.7 Å². The van der Waals surface area contributed by atoms with Crippen molar-refractivity contribution < 1.29 is 4.74 Å². The van der Waals surface area contributed by atoms with Crippen molar-refractivity contribution in [1.29, 1.82) is 0 Å². The molecule has 0 aromatic rings. The topological polar surface area (TPSA) is 59.6 Å². The molecule has 0 aromatic heterocycles. The molecule has 0 bridgehead atoms. The minimum absolute atomic E-state index is 0.564. The Kier molecular flexibility index (Phi) is 5.47. The summed E-state index contributed by atoms with van der Waals surface area (Å²) < 4.78 is 5.30. The maximum Gasteiger partial charge on any atom is 0.188 e. The first-order valence-corrected chi connectivity index (χ1v) is 5.80. The lowest BCUT2D eigenvalue weighted by Crippen LogP contribution is -2.33. The average Bonchev–Trinajstić information content (AvgIpc) is 2.67. The highest BCUT2D eigenvalue weighted by molar-refractivity contribution is 5.77. The molecule has 1 aliphatic heterocycles. The van der Waals surface area contributed by atoms with Gasteiger partial charge in [0.25, 0.3) is 0 Å². The summed E-state index contributed by atoms with van der Waals surface area (Å²) in [5, 5.41) is 3.14. The Morgan fingerprint density at radius 1 is 1.60 bits per heavy atom. The molecule has 0 aliphatic carbocycles. The van der Waals surface area contributed by atoms with Gasteiger partial charge >= 0.3 is 0 Å². The Balaban J connectivity index is 2.05. The summed E-state index contributed by atoms with van der Waals surface area (Å²) in [4.78, 5) is 4.24. The van der Waals surface area contributed by atoms with E-state index < -0.39 is 0 Å². The number of guanidine groups is 1. The van der Waals surface area contributed by atoms with E-state index in [1.807, 2.05) is 0 Å². The molecule has 15 heavy (non-hydrogen) atoms. The van der Waals surface area contributed by atoms with E-state index in [0.29, 0.717) is 17.8 Å². The zero-order valence-electron chi connectivity index (χ0n) is 9.83. The fourth-order valence-electron chi connectivity index (χ4n) is 1.55. The van der Waals surface area contributed by atoms with Gasteiger partial charge in [0.2, 0.25) is 0 Å². The van der Waals surface area contributed by atoms with Crippen LogP contribution in [-0.4, -0.2) is 32.3 Å². The van der Waals surface area contributed by atoms with E-state index in [1.54, 1.807) is 0 Å². The Hall–Kier alpha value is -0.770. The SMILES string of the molecule is CC(C)CN=C(N)NCCC1CCOC1. The molecule has 0 aromatic carbocycles. The first-order valence-electron chi connectivity index (χ1n) is 5.80. The van der Waals surface area contributed by atoms with Crippen molar-refractivity contribution in [2.24, 2.45) is 22.6 Å². The van der Waals surface area contributed by atoms with Crippen molar-refractivity contribution in [2.75, 3.05) is 26.3 Å².